The third-order valence-electron chi connectivity index (χ3n) is 3.39. The van der Waals surface area contributed by atoms with Crippen molar-refractivity contribution in [2.24, 2.45) is 0 Å². The van der Waals surface area contributed by atoms with E-state index in [4.69, 9.17) is 5.73 Å². The second-order valence-electron chi connectivity index (χ2n) is 4.83. The van der Waals surface area contributed by atoms with Gasteiger partial charge in [0, 0.05) is 30.9 Å². The maximum absolute atomic E-state index is 13.7. The molecule has 1 heterocycles. The fraction of sp³-hybridized carbons (Fsp3) is 0.429. The normalized spacial score (nSPS) is 15.9. The molecule has 2 N–H and O–H groups in total. The molecule has 2 rings (SSSR count). The van der Waals surface area contributed by atoms with Crippen LogP contribution in [0.2, 0.25) is 0 Å². The minimum atomic E-state index is -0.590. The molecule has 20 heavy (non-hydrogen) atoms. The lowest BCUT2D eigenvalue weighted by atomic mass is 10.1. The summed E-state index contributed by atoms with van der Waals surface area (Å²) < 4.78 is 13.7. The van der Waals surface area contributed by atoms with Gasteiger partial charge in [-0.3, -0.25) is 9.59 Å². The molecule has 0 aliphatic carbocycles. The zero-order valence-electron chi connectivity index (χ0n) is 11.4. The van der Waals surface area contributed by atoms with Gasteiger partial charge in [-0.15, -0.1) is 0 Å². The highest BCUT2D eigenvalue weighted by Crippen LogP contribution is 2.19. The van der Waals surface area contributed by atoms with E-state index in [1.54, 1.807) is 6.07 Å². The molecule has 1 fully saturated rings. The lowest BCUT2D eigenvalue weighted by molar-refractivity contribution is -0.156. The van der Waals surface area contributed by atoms with Crippen LogP contribution in [-0.2, 0) is 16.1 Å². The van der Waals surface area contributed by atoms with Crippen molar-refractivity contribution < 1.29 is 14.0 Å². The highest BCUT2D eigenvalue weighted by atomic mass is 19.1. The Bertz CT molecular complexity index is 513. The van der Waals surface area contributed by atoms with Gasteiger partial charge in [-0.1, -0.05) is 13.0 Å². The fourth-order valence-electron chi connectivity index (χ4n) is 2.28. The zero-order valence-corrected chi connectivity index (χ0v) is 11.4. The molecule has 0 aromatic heterocycles. The molecule has 0 spiro atoms. The predicted molar refractivity (Wildman–Crippen MR) is 73.1 cm³/mol. The van der Waals surface area contributed by atoms with Crippen LogP contribution in [0.3, 0.4) is 0 Å². The molecule has 2 amide bonds. The molecule has 1 saturated heterocycles. The molecule has 0 radical (unpaired) electrons. The Balaban J connectivity index is 2.12. The molecule has 1 aromatic rings. The summed E-state index contributed by atoms with van der Waals surface area (Å²) in [5.74, 6) is -1.57. The van der Waals surface area contributed by atoms with Crippen LogP contribution in [0, 0.1) is 5.82 Å². The Morgan fingerprint density at radius 3 is 2.50 bits per heavy atom. The van der Waals surface area contributed by atoms with Crippen molar-refractivity contribution in [3.05, 3.63) is 29.6 Å². The van der Waals surface area contributed by atoms with Crippen LogP contribution in [0.25, 0.3) is 0 Å². The summed E-state index contributed by atoms with van der Waals surface area (Å²) in [6.45, 7) is 3.43. The lowest BCUT2D eigenvalue weighted by Gasteiger charge is -2.33. The van der Waals surface area contributed by atoms with Crippen LogP contribution in [-0.4, -0.2) is 41.2 Å². The van der Waals surface area contributed by atoms with Gasteiger partial charge in [-0.05, 0) is 18.6 Å². The van der Waals surface area contributed by atoms with Gasteiger partial charge in [0.2, 0.25) is 0 Å². The van der Waals surface area contributed by atoms with E-state index in [0.29, 0.717) is 25.3 Å². The summed E-state index contributed by atoms with van der Waals surface area (Å²) in [6.07, 6.45) is 0.805. The van der Waals surface area contributed by atoms with Crippen molar-refractivity contribution >= 4 is 17.5 Å². The molecule has 1 aliphatic heterocycles. The maximum atomic E-state index is 13.7. The smallest absolute Gasteiger partial charge is 0.312 e. The van der Waals surface area contributed by atoms with Gasteiger partial charge >= 0.3 is 11.8 Å². The number of benzene rings is 1. The quantitative estimate of drug-likeness (QED) is 0.660. The van der Waals surface area contributed by atoms with Gasteiger partial charge in [0.15, 0.2) is 0 Å². The van der Waals surface area contributed by atoms with Gasteiger partial charge in [-0.2, -0.15) is 0 Å². The molecule has 6 heteroatoms. The Morgan fingerprint density at radius 2 is 1.85 bits per heavy atom. The van der Waals surface area contributed by atoms with Gasteiger partial charge in [0.05, 0.1) is 6.54 Å². The van der Waals surface area contributed by atoms with Gasteiger partial charge in [0.25, 0.3) is 0 Å². The van der Waals surface area contributed by atoms with E-state index < -0.39 is 17.6 Å². The number of anilines is 1. The SMILES string of the molecule is CCCN1CCN(Cc2c(N)cccc2F)C(=O)C1=O. The average Bonchev–Trinajstić information content (AvgIpc) is 2.42. The summed E-state index contributed by atoms with van der Waals surface area (Å²) in [5.41, 5.74) is 6.27. The first-order valence-corrected chi connectivity index (χ1v) is 6.65. The summed E-state index contributed by atoms with van der Waals surface area (Å²) in [5, 5.41) is 0. The van der Waals surface area contributed by atoms with Crippen LogP contribution >= 0.6 is 0 Å². The Hall–Kier alpha value is -2.11. The lowest BCUT2D eigenvalue weighted by Crippen LogP contribution is -2.54. The van der Waals surface area contributed by atoms with E-state index >= 15 is 0 Å². The van der Waals surface area contributed by atoms with Crippen LogP contribution in [0.1, 0.15) is 18.9 Å². The molecule has 0 atom stereocenters. The Labute approximate surface area is 117 Å². The molecule has 5 nitrogen and oxygen atoms in total. The predicted octanol–water partition coefficient (Wildman–Crippen LogP) is 0.989. The molecule has 0 bridgehead atoms. The largest absolute Gasteiger partial charge is 0.398 e. The second kappa shape index (κ2) is 5.90. The number of nitrogen functional groups attached to an aromatic ring is 1. The van der Waals surface area contributed by atoms with Gasteiger partial charge < -0.3 is 15.5 Å². The van der Waals surface area contributed by atoms with Crippen molar-refractivity contribution in [3.63, 3.8) is 0 Å². The van der Waals surface area contributed by atoms with E-state index in [1.807, 2.05) is 6.92 Å². The van der Waals surface area contributed by atoms with Gasteiger partial charge in [0.1, 0.15) is 5.82 Å². The van der Waals surface area contributed by atoms with Crippen molar-refractivity contribution in [3.8, 4) is 0 Å². The highest BCUT2D eigenvalue weighted by Gasteiger charge is 2.32. The fourth-order valence-corrected chi connectivity index (χ4v) is 2.28. The summed E-state index contributed by atoms with van der Waals surface area (Å²) in [7, 11) is 0. The van der Waals surface area contributed by atoms with Crippen molar-refractivity contribution in [1.29, 1.82) is 0 Å². The monoisotopic (exact) mass is 279 g/mol. The molecule has 0 unspecified atom stereocenters. The first-order valence-electron chi connectivity index (χ1n) is 6.65. The number of rotatable bonds is 4. The van der Waals surface area contributed by atoms with E-state index in [2.05, 4.69) is 0 Å². The van der Waals surface area contributed by atoms with Crippen molar-refractivity contribution in [2.75, 3.05) is 25.4 Å². The Morgan fingerprint density at radius 1 is 1.20 bits per heavy atom. The molecule has 1 aromatic carbocycles. The van der Waals surface area contributed by atoms with E-state index in [-0.39, 0.29) is 12.1 Å². The van der Waals surface area contributed by atoms with Crippen LogP contribution in [0.15, 0.2) is 18.2 Å². The van der Waals surface area contributed by atoms with Crippen molar-refractivity contribution in [2.45, 2.75) is 19.9 Å². The summed E-state index contributed by atoms with van der Waals surface area (Å²) in [4.78, 5) is 26.8. The van der Waals surface area contributed by atoms with E-state index in [1.165, 1.54) is 21.9 Å². The molecule has 1 aliphatic rings. The maximum Gasteiger partial charge on any atom is 0.312 e. The number of carbonyl (C=O) groups excluding carboxylic acids is 2. The number of amides is 2. The second-order valence-corrected chi connectivity index (χ2v) is 4.83. The number of hydrogen-bond donors (Lipinski definition) is 1. The van der Waals surface area contributed by atoms with Crippen LogP contribution in [0.5, 0.6) is 0 Å². The first-order chi connectivity index (χ1) is 9.54. The third kappa shape index (κ3) is 2.74. The highest BCUT2D eigenvalue weighted by molar-refractivity contribution is 6.35. The van der Waals surface area contributed by atoms with E-state index in [9.17, 15) is 14.0 Å². The first kappa shape index (κ1) is 14.3. The third-order valence-corrected chi connectivity index (χ3v) is 3.39. The number of carbonyl (C=O) groups is 2. The molecule has 0 saturated carbocycles. The van der Waals surface area contributed by atoms with Crippen LogP contribution < -0.4 is 5.73 Å². The molecular formula is C14H18FN3O2. The summed E-state index contributed by atoms with van der Waals surface area (Å²) in [6, 6.07) is 4.39. The minimum Gasteiger partial charge on any atom is -0.398 e. The average molecular weight is 279 g/mol. The number of hydrogen-bond acceptors (Lipinski definition) is 3. The minimum absolute atomic E-state index is 0.0308. The summed E-state index contributed by atoms with van der Waals surface area (Å²) >= 11 is 0. The number of nitrogens with zero attached hydrogens (tertiary/aromatic N) is 2. The zero-order chi connectivity index (χ0) is 14.7. The molecule has 108 valence electrons. The van der Waals surface area contributed by atoms with Crippen molar-refractivity contribution in [1.82, 2.24) is 9.80 Å². The number of halogens is 1. The Kier molecular flexibility index (Phi) is 4.22. The van der Waals surface area contributed by atoms with E-state index in [0.717, 1.165) is 6.42 Å². The molecular weight excluding hydrogens is 261 g/mol. The van der Waals surface area contributed by atoms with Crippen LogP contribution in [0.4, 0.5) is 10.1 Å². The number of nitrogens with two attached hydrogens (primary N) is 1. The van der Waals surface area contributed by atoms with Gasteiger partial charge in [-0.25, -0.2) is 4.39 Å². The topological polar surface area (TPSA) is 66.6 Å². The number of piperazine rings is 1. The standard InChI is InChI=1S/C14H18FN3O2/c1-2-6-17-7-8-18(14(20)13(17)19)9-10-11(15)4-3-5-12(10)16/h3-5H,2,6-9,16H2,1H3.